The molecule has 72 valence electrons. The average Bonchev–Trinajstić information content (AvgIpc) is 2.50. The van der Waals surface area contributed by atoms with Gasteiger partial charge in [0, 0.05) is 7.11 Å². The molecule has 1 heterocycles. The van der Waals surface area contributed by atoms with Crippen LogP contribution in [0.1, 0.15) is 6.92 Å². The maximum atomic E-state index is 11.3. The van der Waals surface area contributed by atoms with E-state index in [9.17, 15) is 4.79 Å². The van der Waals surface area contributed by atoms with Gasteiger partial charge in [0.1, 0.15) is 6.10 Å². The average molecular weight is 266 g/mol. The topological polar surface area (TPSA) is 64.1 Å². The Morgan fingerprint density at radius 3 is 2.85 bits per heavy atom. The van der Waals surface area contributed by atoms with Gasteiger partial charge >= 0.3 is 0 Å². The second-order valence-corrected chi connectivity index (χ2v) is 3.55. The zero-order valence-corrected chi connectivity index (χ0v) is 9.48. The molecule has 13 heavy (non-hydrogen) atoms. The van der Waals surface area contributed by atoms with Crippen molar-refractivity contribution in [3.8, 4) is 0 Å². The van der Waals surface area contributed by atoms with Crippen molar-refractivity contribution in [1.82, 2.24) is 8.75 Å². The molecule has 5 nitrogen and oxygen atoms in total. The van der Waals surface area contributed by atoms with Crippen LogP contribution in [0.15, 0.2) is 4.60 Å². The zero-order chi connectivity index (χ0) is 9.84. The minimum absolute atomic E-state index is 0.240. The van der Waals surface area contributed by atoms with E-state index in [0.717, 1.165) is 11.7 Å². The first kappa shape index (κ1) is 10.6. The quantitative estimate of drug-likeness (QED) is 0.894. The van der Waals surface area contributed by atoms with Gasteiger partial charge < -0.3 is 10.1 Å². The molecule has 0 saturated heterocycles. The SMILES string of the molecule is COC(C)C(=O)Nc1nsnc1Br. The maximum absolute atomic E-state index is 11.3. The predicted molar refractivity (Wildman–Crippen MR) is 52.7 cm³/mol. The number of nitrogens with one attached hydrogen (secondary N) is 1. The molecule has 0 aliphatic rings. The highest BCUT2D eigenvalue weighted by molar-refractivity contribution is 9.10. The molecule has 0 bridgehead atoms. The summed E-state index contributed by atoms with van der Waals surface area (Å²) in [6, 6.07) is 0. The molecule has 1 aromatic rings. The summed E-state index contributed by atoms with van der Waals surface area (Å²) in [4.78, 5) is 11.3. The van der Waals surface area contributed by atoms with Gasteiger partial charge in [0.2, 0.25) is 0 Å². The Kier molecular flexibility index (Phi) is 3.76. The second-order valence-electron chi connectivity index (χ2n) is 2.27. The minimum Gasteiger partial charge on any atom is -0.372 e. The minimum atomic E-state index is -0.492. The molecule has 0 saturated carbocycles. The van der Waals surface area contributed by atoms with Crippen LogP contribution in [0.3, 0.4) is 0 Å². The molecule has 1 rings (SSSR count). The van der Waals surface area contributed by atoms with E-state index in [0.29, 0.717) is 10.4 Å². The van der Waals surface area contributed by atoms with Crippen molar-refractivity contribution in [3.63, 3.8) is 0 Å². The highest BCUT2D eigenvalue weighted by atomic mass is 79.9. The van der Waals surface area contributed by atoms with Crippen LogP contribution >= 0.6 is 27.7 Å². The summed E-state index contributed by atoms with van der Waals surface area (Å²) >= 11 is 4.17. The van der Waals surface area contributed by atoms with Crippen molar-refractivity contribution in [2.24, 2.45) is 0 Å². The fourth-order valence-electron chi connectivity index (χ4n) is 0.578. The van der Waals surface area contributed by atoms with Crippen LogP contribution in [0, 0.1) is 0 Å². The Bertz CT molecular complexity index is 304. The number of methoxy groups -OCH3 is 1. The molecule has 1 amide bonds. The number of amides is 1. The molecular weight excluding hydrogens is 258 g/mol. The molecule has 0 aliphatic carbocycles. The van der Waals surface area contributed by atoms with Crippen LogP contribution in [0.4, 0.5) is 5.82 Å². The van der Waals surface area contributed by atoms with Crippen molar-refractivity contribution in [2.45, 2.75) is 13.0 Å². The van der Waals surface area contributed by atoms with Gasteiger partial charge in [-0.1, -0.05) is 0 Å². The van der Waals surface area contributed by atoms with E-state index in [-0.39, 0.29) is 5.91 Å². The van der Waals surface area contributed by atoms with Gasteiger partial charge in [0.05, 0.1) is 11.7 Å². The number of carbonyl (C=O) groups excluding carboxylic acids is 1. The highest BCUT2D eigenvalue weighted by Gasteiger charge is 2.14. The van der Waals surface area contributed by atoms with Crippen LogP contribution in [0.5, 0.6) is 0 Å². The Hall–Kier alpha value is -0.530. The molecule has 0 radical (unpaired) electrons. The number of nitrogens with zero attached hydrogens (tertiary/aromatic N) is 2. The zero-order valence-electron chi connectivity index (χ0n) is 7.07. The first-order valence-corrected chi connectivity index (χ1v) is 4.99. The summed E-state index contributed by atoms with van der Waals surface area (Å²) in [6.45, 7) is 1.66. The molecule has 1 aromatic heterocycles. The lowest BCUT2D eigenvalue weighted by molar-refractivity contribution is -0.124. The van der Waals surface area contributed by atoms with Gasteiger partial charge in [-0.3, -0.25) is 4.79 Å². The summed E-state index contributed by atoms with van der Waals surface area (Å²) in [7, 11) is 1.47. The lowest BCUT2D eigenvalue weighted by Crippen LogP contribution is -2.26. The normalized spacial score (nSPS) is 12.5. The third kappa shape index (κ3) is 2.71. The Morgan fingerprint density at radius 1 is 1.69 bits per heavy atom. The summed E-state index contributed by atoms with van der Waals surface area (Å²) in [5, 5.41) is 2.57. The van der Waals surface area contributed by atoms with Crippen molar-refractivity contribution < 1.29 is 9.53 Å². The fourth-order valence-corrected chi connectivity index (χ4v) is 1.49. The van der Waals surface area contributed by atoms with E-state index in [4.69, 9.17) is 4.74 Å². The summed E-state index contributed by atoms with van der Waals surface area (Å²) in [6.07, 6.45) is -0.492. The van der Waals surface area contributed by atoms with Gasteiger partial charge in [0.25, 0.3) is 5.91 Å². The van der Waals surface area contributed by atoms with Gasteiger partial charge in [-0.25, -0.2) is 0 Å². The van der Waals surface area contributed by atoms with Crippen molar-refractivity contribution >= 4 is 39.4 Å². The van der Waals surface area contributed by atoms with Crippen molar-refractivity contribution in [2.75, 3.05) is 12.4 Å². The van der Waals surface area contributed by atoms with E-state index >= 15 is 0 Å². The van der Waals surface area contributed by atoms with Crippen molar-refractivity contribution in [3.05, 3.63) is 4.60 Å². The highest BCUT2D eigenvalue weighted by Crippen LogP contribution is 2.18. The third-order valence-corrected chi connectivity index (χ3v) is 2.73. The van der Waals surface area contributed by atoms with E-state index in [1.54, 1.807) is 6.92 Å². The largest absolute Gasteiger partial charge is 0.372 e. The van der Waals surface area contributed by atoms with Gasteiger partial charge in [-0.05, 0) is 22.9 Å². The molecule has 0 aromatic carbocycles. The standard InChI is InChI=1S/C6H8BrN3O2S/c1-3(12-2)6(11)8-5-4(7)9-13-10-5/h3H,1-2H3,(H,8,10,11). The molecule has 0 aliphatic heterocycles. The molecular formula is C6H8BrN3O2S. The third-order valence-electron chi connectivity index (χ3n) is 1.41. The summed E-state index contributed by atoms with van der Waals surface area (Å²) in [5.41, 5.74) is 0. The first-order chi connectivity index (χ1) is 6.15. The second kappa shape index (κ2) is 4.64. The Morgan fingerprint density at radius 2 is 2.38 bits per heavy atom. The lowest BCUT2D eigenvalue weighted by atomic mass is 10.4. The van der Waals surface area contributed by atoms with Crippen LogP contribution in [-0.4, -0.2) is 27.9 Å². The summed E-state index contributed by atoms with van der Waals surface area (Å²) < 4.78 is 13.1. The van der Waals surface area contributed by atoms with Crippen molar-refractivity contribution in [1.29, 1.82) is 0 Å². The number of halogens is 1. The predicted octanol–water partition coefficient (Wildman–Crippen LogP) is 1.27. The molecule has 1 N–H and O–H groups in total. The number of rotatable bonds is 3. The smallest absolute Gasteiger partial charge is 0.254 e. The van der Waals surface area contributed by atoms with Gasteiger partial charge in [-0.15, -0.1) is 0 Å². The molecule has 0 spiro atoms. The Balaban J connectivity index is 2.60. The number of ether oxygens (including phenoxy) is 1. The number of anilines is 1. The van der Waals surface area contributed by atoms with E-state index in [1.807, 2.05) is 0 Å². The molecule has 7 heteroatoms. The fraction of sp³-hybridized carbons (Fsp3) is 0.500. The van der Waals surface area contributed by atoms with E-state index in [1.165, 1.54) is 7.11 Å². The van der Waals surface area contributed by atoms with E-state index in [2.05, 4.69) is 30.0 Å². The number of hydrogen-bond donors (Lipinski definition) is 1. The number of carbonyl (C=O) groups is 1. The number of aromatic nitrogens is 2. The molecule has 0 fully saturated rings. The van der Waals surface area contributed by atoms with E-state index < -0.39 is 6.10 Å². The molecule has 1 atom stereocenters. The van der Waals surface area contributed by atoms with Crippen LogP contribution in [-0.2, 0) is 9.53 Å². The monoisotopic (exact) mass is 265 g/mol. The lowest BCUT2D eigenvalue weighted by Gasteiger charge is -2.07. The van der Waals surface area contributed by atoms with Crippen LogP contribution in [0.25, 0.3) is 0 Å². The number of hydrogen-bond acceptors (Lipinski definition) is 5. The van der Waals surface area contributed by atoms with Gasteiger partial charge in [-0.2, -0.15) is 8.75 Å². The molecule has 1 unspecified atom stereocenters. The summed E-state index contributed by atoms with van der Waals surface area (Å²) in [5.74, 6) is 0.190. The van der Waals surface area contributed by atoms with Crippen LogP contribution in [0.2, 0.25) is 0 Å². The Labute approximate surface area is 87.9 Å². The first-order valence-electron chi connectivity index (χ1n) is 3.47. The van der Waals surface area contributed by atoms with Gasteiger partial charge in [0.15, 0.2) is 10.4 Å². The maximum Gasteiger partial charge on any atom is 0.254 e. The van der Waals surface area contributed by atoms with Crippen LogP contribution < -0.4 is 5.32 Å².